The van der Waals surface area contributed by atoms with Crippen molar-refractivity contribution in [1.29, 1.82) is 0 Å². The molecule has 2 rings (SSSR count). The molecule has 1 heterocycles. The van der Waals surface area contributed by atoms with Gasteiger partial charge in [-0.15, -0.1) is 0 Å². The number of carbonyl (C=O) groups is 1. The molecule has 1 aromatic carbocycles. The number of nitrogens with one attached hydrogen (secondary N) is 2. The topological polar surface area (TPSA) is 129 Å². The average Bonchev–Trinajstić information content (AvgIpc) is 2.94. The number of hydrogen-bond acceptors (Lipinski definition) is 5. The lowest BCUT2D eigenvalue weighted by Crippen LogP contribution is -2.15. The quantitative estimate of drug-likeness (QED) is 0.286. The lowest BCUT2D eigenvalue weighted by atomic mass is 10.2. The Labute approximate surface area is 112 Å². The number of aromatic amines is 1. The number of hydrogen-bond donors (Lipinski definition) is 4. The first-order valence-electron chi connectivity index (χ1n) is 5.06. The molecule has 2 aromatic rings. The molecule has 0 aliphatic carbocycles. The van der Waals surface area contributed by atoms with Gasteiger partial charge < -0.3 is 16.3 Å². The number of amidine groups is 1. The fourth-order valence-electron chi connectivity index (χ4n) is 1.33. The summed E-state index contributed by atoms with van der Waals surface area (Å²) in [6.07, 6.45) is 1.29. The second kappa shape index (κ2) is 5.36. The standard InChI is InChI=1S/C10H9ClN6O2/c11-6-3-5(9(12)16-19)1-2-7(6)14-10(18)8-4-13-17-15-8/h1-4,19H,(H2,12,16)(H,14,18)(H,13,15,17). The van der Waals surface area contributed by atoms with Gasteiger partial charge in [0.1, 0.15) is 0 Å². The highest BCUT2D eigenvalue weighted by molar-refractivity contribution is 6.34. The van der Waals surface area contributed by atoms with Crippen molar-refractivity contribution in [2.24, 2.45) is 10.9 Å². The molecule has 1 aromatic heterocycles. The number of nitrogens with zero attached hydrogens (tertiary/aromatic N) is 3. The minimum Gasteiger partial charge on any atom is -0.409 e. The van der Waals surface area contributed by atoms with Crippen LogP contribution >= 0.6 is 11.6 Å². The van der Waals surface area contributed by atoms with E-state index in [4.69, 9.17) is 22.5 Å². The number of benzene rings is 1. The normalized spacial score (nSPS) is 11.3. The third kappa shape index (κ3) is 2.80. The number of rotatable bonds is 3. The summed E-state index contributed by atoms with van der Waals surface area (Å²) < 4.78 is 0. The van der Waals surface area contributed by atoms with Crippen LogP contribution < -0.4 is 11.1 Å². The molecule has 0 fully saturated rings. The Bertz CT molecular complexity index is 625. The Hall–Kier alpha value is -2.61. The van der Waals surface area contributed by atoms with E-state index in [9.17, 15) is 4.79 Å². The largest absolute Gasteiger partial charge is 0.409 e. The maximum Gasteiger partial charge on any atom is 0.277 e. The minimum atomic E-state index is -0.452. The Morgan fingerprint density at radius 2 is 2.32 bits per heavy atom. The maximum atomic E-state index is 11.7. The van der Waals surface area contributed by atoms with Gasteiger partial charge in [-0.05, 0) is 18.2 Å². The molecular weight excluding hydrogens is 272 g/mol. The van der Waals surface area contributed by atoms with E-state index >= 15 is 0 Å². The second-order valence-corrected chi connectivity index (χ2v) is 3.90. The van der Waals surface area contributed by atoms with Crippen LogP contribution in [-0.2, 0) is 0 Å². The number of halogens is 1. The molecule has 0 atom stereocenters. The van der Waals surface area contributed by atoms with E-state index in [2.05, 4.69) is 25.9 Å². The molecule has 9 heteroatoms. The number of amides is 1. The highest BCUT2D eigenvalue weighted by Crippen LogP contribution is 2.23. The number of oxime groups is 1. The van der Waals surface area contributed by atoms with Crippen LogP contribution in [-0.4, -0.2) is 32.4 Å². The zero-order valence-corrected chi connectivity index (χ0v) is 10.2. The van der Waals surface area contributed by atoms with Crippen molar-refractivity contribution < 1.29 is 10.0 Å². The van der Waals surface area contributed by atoms with Gasteiger partial charge >= 0.3 is 0 Å². The van der Waals surface area contributed by atoms with Gasteiger partial charge in [0.05, 0.1) is 16.9 Å². The number of carbonyl (C=O) groups excluding carboxylic acids is 1. The zero-order chi connectivity index (χ0) is 13.8. The summed E-state index contributed by atoms with van der Waals surface area (Å²) >= 11 is 5.99. The molecular formula is C10H9ClN6O2. The monoisotopic (exact) mass is 280 g/mol. The SMILES string of the molecule is N/C(=N/O)c1ccc(NC(=O)c2cn[nH]n2)c(Cl)c1. The average molecular weight is 281 g/mol. The summed E-state index contributed by atoms with van der Waals surface area (Å²) in [5, 5.41) is 23.7. The van der Waals surface area contributed by atoms with Crippen molar-refractivity contribution in [3.8, 4) is 0 Å². The molecule has 0 radical (unpaired) electrons. The number of nitrogens with two attached hydrogens (primary N) is 1. The Balaban J connectivity index is 2.20. The van der Waals surface area contributed by atoms with Crippen molar-refractivity contribution in [2.45, 2.75) is 0 Å². The van der Waals surface area contributed by atoms with Crippen LogP contribution in [0.4, 0.5) is 5.69 Å². The van der Waals surface area contributed by atoms with Crippen molar-refractivity contribution >= 4 is 29.0 Å². The van der Waals surface area contributed by atoms with Gasteiger partial charge in [0.2, 0.25) is 0 Å². The molecule has 8 nitrogen and oxygen atoms in total. The Morgan fingerprint density at radius 1 is 1.53 bits per heavy atom. The van der Waals surface area contributed by atoms with Gasteiger partial charge in [0.25, 0.3) is 5.91 Å². The molecule has 0 saturated heterocycles. The fraction of sp³-hybridized carbons (Fsp3) is 0. The van der Waals surface area contributed by atoms with Crippen LogP contribution in [0.2, 0.25) is 5.02 Å². The highest BCUT2D eigenvalue weighted by Gasteiger charge is 2.12. The first-order valence-corrected chi connectivity index (χ1v) is 5.44. The van der Waals surface area contributed by atoms with E-state index in [0.29, 0.717) is 11.3 Å². The molecule has 0 saturated carbocycles. The molecule has 0 aliphatic rings. The molecule has 1 amide bonds. The molecule has 98 valence electrons. The molecule has 0 unspecified atom stereocenters. The Morgan fingerprint density at radius 3 is 2.89 bits per heavy atom. The van der Waals surface area contributed by atoms with Gasteiger partial charge in [-0.25, -0.2) is 0 Å². The lowest BCUT2D eigenvalue weighted by molar-refractivity contribution is 0.102. The van der Waals surface area contributed by atoms with Gasteiger partial charge in [0.15, 0.2) is 11.5 Å². The van der Waals surface area contributed by atoms with Crippen LogP contribution in [0.1, 0.15) is 16.1 Å². The third-order valence-corrected chi connectivity index (χ3v) is 2.58. The zero-order valence-electron chi connectivity index (χ0n) is 9.46. The molecule has 5 N–H and O–H groups in total. The van der Waals surface area contributed by atoms with Gasteiger partial charge in [-0.1, -0.05) is 16.8 Å². The van der Waals surface area contributed by atoms with E-state index < -0.39 is 5.91 Å². The van der Waals surface area contributed by atoms with E-state index in [1.54, 1.807) is 6.07 Å². The summed E-state index contributed by atoms with van der Waals surface area (Å²) in [7, 11) is 0. The first kappa shape index (κ1) is 12.8. The van der Waals surface area contributed by atoms with E-state index in [-0.39, 0.29) is 16.6 Å². The maximum absolute atomic E-state index is 11.7. The summed E-state index contributed by atoms with van der Waals surface area (Å²) in [5.74, 6) is -0.525. The number of aromatic nitrogens is 3. The van der Waals surface area contributed by atoms with Crippen LogP contribution in [0.3, 0.4) is 0 Å². The van der Waals surface area contributed by atoms with Gasteiger partial charge in [0, 0.05) is 5.56 Å². The minimum absolute atomic E-state index is 0.0729. The van der Waals surface area contributed by atoms with Crippen LogP contribution in [0.5, 0.6) is 0 Å². The van der Waals surface area contributed by atoms with Gasteiger partial charge in [-0.2, -0.15) is 15.4 Å². The summed E-state index contributed by atoms with van der Waals surface area (Å²) in [6, 6.07) is 4.56. The lowest BCUT2D eigenvalue weighted by Gasteiger charge is -2.07. The summed E-state index contributed by atoms with van der Waals surface area (Å²) in [5.41, 5.74) is 6.37. The van der Waals surface area contributed by atoms with Gasteiger partial charge in [-0.3, -0.25) is 4.79 Å². The van der Waals surface area contributed by atoms with Crippen LogP contribution in [0, 0.1) is 0 Å². The van der Waals surface area contributed by atoms with E-state index in [1.165, 1.54) is 18.3 Å². The summed E-state index contributed by atoms with van der Waals surface area (Å²) in [6.45, 7) is 0. The summed E-state index contributed by atoms with van der Waals surface area (Å²) in [4.78, 5) is 11.7. The van der Waals surface area contributed by atoms with Crippen molar-refractivity contribution in [2.75, 3.05) is 5.32 Å². The van der Waals surface area contributed by atoms with Crippen molar-refractivity contribution in [1.82, 2.24) is 15.4 Å². The van der Waals surface area contributed by atoms with E-state index in [0.717, 1.165) is 0 Å². The van der Waals surface area contributed by atoms with Crippen molar-refractivity contribution in [3.63, 3.8) is 0 Å². The molecule has 0 bridgehead atoms. The number of H-pyrrole nitrogens is 1. The first-order chi connectivity index (χ1) is 9.11. The number of anilines is 1. The highest BCUT2D eigenvalue weighted by atomic mass is 35.5. The van der Waals surface area contributed by atoms with Crippen molar-refractivity contribution in [3.05, 3.63) is 40.7 Å². The van der Waals surface area contributed by atoms with E-state index in [1.807, 2.05) is 0 Å². The molecule has 0 aliphatic heterocycles. The van der Waals surface area contributed by atoms with Crippen LogP contribution in [0.15, 0.2) is 29.6 Å². The third-order valence-electron chi connectivity index (χ3n) is 2.27. The predicted octanol–water partition coefficient (Wildman–Crippen LogP) is 0.805. The molecule has 19 heavy (non-hydrogen) atoms. The second-order valence-electron chi connectivity index (χ2n) is 3.49. The smallest absolute Gasteiger partial charge is 0.277 e. The fourth-order valence-corrected chi connectivity index (χ4v) is 1.56. The predicted molar refractivity (Wildman–Crippen MR) is 68.3 cm³/mol. The molecule has 0 spiro atoms. The Kier molecular flexibility index (Phi) is 3.62. The van der Waals surface area contributed by atoms with Crippen LogP contribution in [0.25, 0.3) is 0 Å².